The highest BCUT2D eigenvalue weighted by atomic mass is 127. The molecule has 0 spiro atoms. The summed E-state index contributed by atoms with van der Waals surface area (Å²) in [6, 6.07) is 10.7. The van der Waals surface area contributed by atoms with Gasteiger partial charge in [0.15, 0.2) is 11.5 Å². The first-order chi connectivity index (χ1) is 16.3. The highest BCUT2D eigenvalue weighted by Gasteiger charge is 2.34. The highest BCUT2D eigenvalue weighted by molar-refractivity contribution is 14.1. The van der Waals surface area contributed by atoms with Crippen molar-refractivity contribution in [2.45, 2.75) is 20.8 Å². The molecule has 9 heteroatoms. The Balaban J connectivity index is 2.06. The van der Waals surface area contributed by atoms with Gasteiger partial charge in [0, 0.05) is 5.56 Å². The van der Waals surface area contributed by atoms with Crippen LogP contribution in [0.1, 0.15) is 35.3 Å². The predicted octanol–water partition coefficient (Wildman–Crippen LogP) is 5.71. The van der Waals surface area contributed by atoms with Crippen molar-refractivity contribution in [3.05, 3.63) is 72.9 Å². The number of rotatable bonds is 7. The fraction of sp³-hybridized carbons (Fsp3) is 0.240. The van der Waals surface area contributed by atoms with Crippen LogP contribution >= 0.6 is 34.4 Å². The lowest BCUT2D eigenvalue weighted by molar-refractivity contribution is -0.138. The minimum Gasteiger partial charge on any atom is -0.506 e. The molecule has 1 heterocycles. The van der Waals surface area contributed by atoms with Crippen LogP contribution in [0.4, 0.5) is 0 Å². The van der Waals surface area contributed by atoms with E-state index in [1.807, 2.05) is 19.1 Å². The Kier molecular flexibility index (Phi) is 8.78. The minimum absolute atomic E-state index is 0.0862. The number of esters is 1. The lowest BCUT2D eigenvalue weighted by Crippen LogP contribution is -2.14. The number of aliphatic imine (C=N–C) groups is 1. The number of aryl methyl sites for hydroxylation is 1. The zero-order valence-corrected chi connectivity index (χ0v) is 22.2. The summed E-state index contributed by atoms with van der Waals surface area (Å²) in [6.07, 6.45) is 1.69. The number of thioether (sulfide) groups is 1. The molecule has 0 fully saturated rings. The Morgan fingerprint density at radius 2 is 1.91 bits per heavy atom. The first kappa shape index (κ1) is 25.8. The molecule has 1 N–H and O–H groups in total. The number of ether oxygens (including phenoxy) is 3. The molecule has 0 radical (unpaired) electrons. The van der Waals surface area contributed by atoms with E-state index in [-0.39, 0.29) is 23.0 Å². The van der Waals surface area contributed by atoms with Gasteiger partial charge in [0.2, 0.25) is 0 Å². The van der Waals surface area contributed by atoms with Crippen LogP contribution in [0.15, 0.2) is 57.6 Å². The van der Waals surface area contributed by atoms with Crippen LogP contribution in [0.5, 0.6) is 11.5 Å². The quantitative estimate of drug-likeness (QED) is 0.325. The van der Waals surface area contributed by atoms with Crippen LogP contribution in [0.2, 0.25) is 0 Å². The van der Waals surface area contributed by atoms with Crippen LogP contribution in [-0.2, 0) is 9.53 Å². The Morgan fingerprint density at radius 1 is 1.18 bits per heavy atom. The monoisotopic (exact) mass is 593 g/mol. The molecule has 0 saturated carbocycles. The molecular weight excluding hydrogens is 569 g/mol. The van der Waals surface area contributed by atoms with Gasteiger partial charge in [-0.1, -0.05) is 30.0 Å². The third kappa shape index (κ3) is 5.64. The first-order valence-corrected chi connectivity index (χ1v) is 12.4. The number of hydrogen-bond acceptors (Lipinski definition) is 7. The van der Waals surface area contributed by atoms with Gasteiger partial charge in [0.05, 0.1) is 28.8 Å². The van der Waals surface area contributed by atoms with Crippen molar-refractivity contribution in [2.24, 2.45) is 4.99 Å². The SMILES string of the molecule is CCOC(=O)C1=C(O)/C(=C/c2cc(I)c(OCC)c(OC)c2)SC1=NC(=O)c1ccccc1C. The zero-order valence-electron chi connectivity index (χ0n) is 19.2. The summed E-state index contributed by atoms with van der Waals surface area (Å²) in [5.41, 5.74) is 1.76. The van der Waals surface area contributed by atoms with Crippen molar-refractivity contribution in [3.63, 3.8) is 0 Å². The number of aliphatic hydroxyl groups excluding tert-OH is 1. The van der Waals surface area contributed by atoms with Crippen LogP contribution in [-0.4, -0.2) is 42.4 Å². The third-order valence-corrected chi connectivity index (χ3v) is 6.61. The summed E-state index contributed by atoms with van der Waals surface area (Å²) in [5.74, 6) is -0.367. The van der Waals surface area contributed by atoms with Crippen LogP contribution in [0.25, 0.3) is 6.08 Å². The van der Waals surface area contributed by atoms with Crippen molar-refractivity contribution in [2.75, 3.05) is 20.3 Å². The zero-order chi connectivity index (χ0) is 24.8. The van der Waals surface area contributed by atoms with E-state index in [9.17, 15) is 14.7 Å². The van der Waals surface area contributed by atoms with Gasteiger partial charge < -0.3 is 19.3 Å². The number of aliphatic hydroxyl groups is 1. The van der Waals surface area contributed by atoms with Gasteiger partial charge in [0.25, 0.3) is 5.91 Å². The molecule has 1 amide bonds. The second-order valence-corrected chi connectivity index (χ2v) is 9.25. The van der Waals surface area contributed by atoms with E-state index in [1.165, 1.54) is 0 Å². The molecular formula is C25H24INO6S. The topological polar surface area (TPSA) is 94.4 Å². The molecule has 0 atom stereocenters. The molecule has 0 bridgehead atoms. The number of nitrogens with zero attached hydrogens (tertiary/aromatic N) is 1. The fourth-order valence-corrected chi connectivity index (χ4v) is 5.01. The molecule has 0 aromatic heterocycles. The van der Waals surface area contributed by atoms with E-state index < -0.39 is 11.9 Å². The fourth-order valence-electron chi connectivity index (χ4n) is 3.22. The van der Waals surface area contributed by atoms with E-state index in [1.54, 1.807) is 51.3 Å². The maximum atomic E-state index is 12.8. The average Bonchev–Trinajstić information content (AvgIpc) is 3.10. The standard InChI is InChI=1S/C25H24INO6S/c1-5-32-22-17(26)11-15(12-18(22)31-4)13-19-21(28)20(25(30)33-6-2)24(34-19)27-23(29)16-10-8-7-9-14(16)3/h7-13,28H,5-6H2,1-4H3/b19-13-,27-24?. The van der Waals surface area contributed by atoms with Gasteiger partial charge in [-0.3, -0.25) is 4.79 Å². The molecule has 1 aliphatic heterocycles. The maximum absolute atomic E-state index is 12.8. The van der Waals surface area contributed by atoms with E-state index in [0.29, 0.717) is 34.1 Å². The van der Waals surface area contributed by atoms with Gasteiger partial charge >= 0.3 is 5.97 Å². The molecule has 178 valence electrons. The number of hydrogen-bond donors (Lipinski definition) is 1. The van der Waals surface area contributed by atoms with Crippen LogP contribution in [0, 0.1) is 10.5 Å². The van der Waals surface area contributed by atoms with Crippen molar-refractivity contribution < 1.29 is 28.9 Å². The number of benzene rings is 2. The summed E-state index contributed by atoms with van der Waals surface area (Å²) < 4.78 is 17.0. The summed E-state index contributed by atoms with van der Waals surface area (Å²) in [7, 11) is 1.55. The van der Waals surface area contributed by atoms with Crippen molar-refractivity contribution in [3.8, 4) is 11.5 Å². The number of amides is 1. The van der Waals surface area contributed by atoms with Crippen molar-refractivity contribution in [1.29, 1.82) is 0 Å². The summed E-state index contributed by atoms with van der Waals surface area (Å²) >= 11 is 3.18. The van der Waals surface area contributed by atoms with Gasteiger partial charge in [-0.05, 0) is 78.8 Å². The van der Waals surface area contributed by atoms with E-state index >= 15 is 0 Å². The molecule has 0 unspecified atom stereocenters. The Morgan fingerprint density at radius 3 is 2.56 bits per heavy atom. The van der Waals surface area contributed by atoms with E-state index in [4.69, 9.17) is 14.2 Å². The molecule has 34 heavy (non-hydrogen) atoms. The van der Waals surface area contributed by atoms with Crippen LogP contribution < -0.4 is 9.47 Å². The molecule has 2 aromatic rings. The third-order valence-electron chi connectivity index (χ3n) is 4.79. The number of halogens is 1. The molecule has 1 aliphatic rings. The minimum atomic E-state index is -0.744. The highest BCUT2D eigenvalue weighted by Crippen LogP contribution is 2.41. The number of methoxy groups -OCH3 is 1. The van der Waals surface area contributed by atoms with E-state index in [0.717, 1.165) is 20.9 Å². The Labute approximate surface area is 216 Å². The van der Waals surface area contributed by atoms with Gasteiger partial charge in [-0.2, -0.15) is 0 Å². The summed E-state index contributed by atoms with van der Waals surface area (Å²) in [5, 5.41) is 11.0. The van der Waals surface area contributed by atoms with Crippen LogP contribution in [0.3, 0.4) is 0 Å². The Bertz CT molecular complexity index is 1220. The van der Waals surface area contributed by atoms with Crippen molar-refractivity contribution in [1.82, 2.24) is 0 Å². The van der Waals surface area contributed by atoms with E-state index in [2.05, 4.69) is 27.6 Å². The lowest BCUT2D eigenvalue weighted by atomic mass is 10.1. The second kappa shape index (κ2) is 11.6. The molecule has 0 saturated heterocycles. The molecule has 0 aliphatic carbocycles. The molecule has 2 aromatic carbocycles. The first-order valence-electron chi connectivity index (χ1n) is 10.5. The normalized spacial score (nSPS) is 15.7. The molecule has 3 rings (SSSR count). The van der Waals surface area contributed by atoms with Crippen molar-refractivity contribution >= 4 is 57.3 Å². The summed E-state index contributed by atoms with van der Waals surface area (Å²) in [4.78, 5) is 30.0. The second-order valence-electron chi connectivity index (χ2n) is 7.06. The summed E-state index contributed by atoms with van der Waals surface area (Å²) in [6.45, 7) is 5.97. The smallest absolute Gasteiger partial charge is 0.344 e. The number of carbonyl (C=O) groups excluding carboxylic acids is 2. The largest absolute Gasteiger partial charge is 0.506 e. The van der Waals surface area contributed by atoms with Gasteiger partial charge in [0.1, 0.15) is 16.4 Å². The predicted molar refractivity (Wildman–Crippen MR) is 142 cm³/mol. The van der Waals surface area contributed by atoms with Gasteiger partial charge in [-0.15, -0.1) is 0 Å². The Hall–Kier alpha value is -2.79. The average molecular weight is 593 g/mol. The lowest BCUT2D eigenvalue weighted by Gasteiger charge is -2.12. The number of carbonyl (C=O) groups is 2. The van der Waals surface area contributed by atoms with Gasteiger partial charge in [-0.25, -0.2) is 9.79 Å². The molecule has 7 nitrogen and oxygen atoms in total. The maximum Gasteiger partial charge on any atom is 0.344 e.